The minimum absolute atomic E-state index is 0.207. The first-order valence-electron chi connectivity index (χ1n) is 10.5. The number of ketones is 1. The Balaban J connectivity index is 1.63. The molecule has 0 saturated heterocycles. The van der Waals surface area contributed by atoms with Gasteiger partial charge in [-0.05, 0) is 55.8 Å². The van der Waals surface area contributed by atoms with E-state index in [1.807, 2.05) is 18.2 Å². The maximum Gasteiger partial charge on any atom is 0.266 e. The van der Waals surface area contributed by atoms with Crippen LogP contribution in [0, 0.1) is 6.92 Å². The van der Waals surface area contributed by atoms with Crippen LogP contribution in [0.3, 0.4) is 0 Å². The average Bonchev–Trinajstić information content (AvgIpc) is 3.16. The molecule has 2 heterocycles. The quantitative estimate of drug-likeness (QED) is 0.402. The number of para-hydroxylation sites is 1. The molecular weight excluding hydrogens is 452 g/mol. The molecule has 0 bridgehead atoms. The molecule has 0 radical (unpaired) electrons. The lowest BCUT2D eigenvalue weighted by Crippen LogP contribution is -2.28. The van der Waals surface area contributed by atoms with Crippen molar-refractivity contribution in [3.05, 3.63) is 87.3 Å². The van der Waals surface area contributed by atoms with Crippen LogP contribution in [0.25, 0.3) is 10.2 Å². The first kappa shape index (κ1) is 23.1. The van der Waals surface area contributed by atoms with Crippen molar-refractivity contribution in [2.45, 2.75) is 26.8 Å². The maximum atomic E-state index is 13.3. The summed E-state index contributed by atoms with van der Waals surface area (Å²) >= 11 is 1.14. The predicted octanol–water partition coefficient (Wildman–Crippen LogP) is 4.42. The lowest BCUT2D eigenvalue weighted by atomic mass is 10.0. The molecule has 9 heteroatoms. The minimum atomic E-state index is -0.808. The molecule has 172 valence electrons. The van der Waals surface area contributed by atoms with E-state index in [1.165, 1.54) is 17.8 Å². The molecule has 0 fully saturated rings. The molecule has 4 rings (SSSR count). The van der Waals surface area contributed by atoms with Crippen LogP contribution in [0.5, 0.6) is 0 Å². The maximum absolute atomic E-state index is 13.3. The Kier molecular flexibility index (Phi) is 6.38. The highest BCUT2D eigenvalue weighted by atomic mass is 32.1. The van der Waals surface area contributed by atoms with Gasteiger partial charge in [0.25, 0.3) is 11.5 Å². The number of benzene rings is 2. The van der Waals surface area contributed by atoms with Crippen molar-refractivity contribution in [3.8, 4) is 0 Å². The molecule has 2 amide bonds. The van der Waals surface area contributed by atoms with Gasteiger partial charge in [-0.25, -0.2) is 4.98 Å². The van der Waals surface area contributed by atoms with Gasteiger partial charge < -0.3 is 10.6 Å². The fourth-order valence-electron chi connectivity index (χ4n) is 3.63. The van der Waals surface area contributed by atoms with Crippen LogP contribution < -0.4 is 16.2 Å². The monoisotopic (exact) mass is 474 g/mol. The molecule has 8 nitrogen and oxygen atoms in total. The summed E-state index contributed by atoms with van der Waals surface area (Å²) in [6.45, 7) is 4.74. The highest BCUT2D eigenvalue weighted by Gasteiger charge is 2.23. The van der Waals surface area contributed by atoms with E-state index in [1.54, 1.807) is 50.2 Å². The number of aryl methyl sites for hydroxylation is 1. The Labute approximate surface area is 199 Å². The van der Waals surface area contributed by atoms with Gasteiger partial charge in [-0.1, -0.05) is 18.2 Å². The molecule has 2 aromatic carbocycles. The van der Waals surface area contributed by atoms with Gasteiger partial charge in [0.05, 0.1) is 22.6 Å². The number of carbonyl (C=O) groups is 3. The highest BCUT2D eigenvalue weighted by Crippen LogP contribution is 2.28. The first-order chi connectivity index (χ1) is 16.3. The van der Waals surface area contributed by atoms with Crippen LogP contribution in [0.15, 0.2) is 65.7 Å². The molecule has 2 aromatic heterocycles. The normalized spacial score (nSPS) is 11.7. The Morgan fingerprint density at radius 2 is 1.62 bits per heavy atom. The fraction of sp³-hybridized carbons (Fsp3) is 0.160. The minimum Gasteiger partial charge on any atom is -0.326 e. The van der Waals surface area contributed by atoms with Crippen LogP contribution >= 0.6 is 11.3 Å². The van der Waals surface area contributed by atoms with Crippen LogP contribution in [0.2, 0.25) is 0 Å². The molecular formula is C25H22N4O4S. The summed E-state index contributed by atoms with van der Waals surface area (Å²) in [7, 11) is 0. The highest BCUT2D eigenvalue weighted by molar-refractivity contribution is 7.20. The van der Waals surface area contributed by atoms with E-state index in [4.69, 9.17) is 0 Å². The number of nitrogens with one attached hydrogen (secondary N) is 2. The van der Waals surface area contributed by atoms with E-state index in [9.17, 15) is 19.2 Å². The lowest BCUT2D eigenvalue weighted by Gasteiger charge is -2.14. The predicted molar refractivity (Wildman–Crippen MR) is 133 cm³/mol. The second kappa shape index (κ2) is 9.40. The van der Waals surface area contributed by atoms with Gasteiger partial charge in [0.15, 0.2) is 5.78 Å². The fourth-order valence-corrected chi connectivity index (χ4v) is 4.66. The summed E-state index contributed by atoms with van der Waals surface area (Å²) in [6.07, 6.45) is 1.34. The summed E-state index contributed by atoms with van der Waals surface area (Å²) < 4.78 is 1.28. The number of aromatic nitrogens is 2. The zero-order chi connectivity index (χ0) is 24.4. The number of carbonyl (C=O) groups excluding carboxylic acids is 3. The number of fused-ring (bicyclic) bond motifs is 1. The van der Waals surface area contributed by atoms with Crippen LogP contribution in [0.1, 0.15) is 45.5 Å². The third-order valence-corrected chi connectivity index (χ3v) is 6.60. The van der Waals surface area contributed by atoms with Gasteiger partial charge >= 0.3 is 0 Å². The third-order valence-electron chi connectivity index (χ3n) is 5.40. The summed E-state index contributed by atoms with van der Waals surface area (Å²) in [4.78, 5) is 55.5. The van der Waals surface area contributed by atoms with Gasteiger partial charge in [0.2, 0.25) is 5.91 Å². The molecule has 34 heavy (non-hydrogen) atoms. The van der Waals surface area contributed by atoms with E-state index < -0.39 is 6.04 Å². The SMILES string of the molecule is CC(=O)Nc1ccc(C(=O)C(C)n2cnc3sc(C(=O)Nc4ccccc4)c(C)c3c2=O)cc1. The van der Waals surface area contributed by atoms with Gasteiger partial charge in [-0.3, -0.25) is 23.7 Å². The Bertz CT molecular complexity index is 1460. The zero-order valence-electron chi connectivity index (χ0n) is 18.8. The van der Waals surface area contributed by atoms with Crippen LogP contribution in [-0.4, -0.2) is 27.1 Å². The summed E-state index contributed by atoms with van der Waals surface area (Å²) in [5, 5.41) is 5.80. The Hall–Kier alpha value is -4.11. The largest absolute Gasteiger partial charge is 0.326 e. The van der Waals surface area contributed by atoms with Crippen molar-refractivity contribution in [1.82, 2.24) is 9.55 Å². The number of rotatable bonds is 6. The van der Waals surface area contributed by atoms with Crippen molar-refractivity contribution < 1.29 is 14.4 Å². The van der Waals surface area contributed by atoms with Crippen LogP contribution in [0.4, 0.5) is 11.4 Å². The topological polar surface area (TPSA) is 110 Å². The number of hydrogen-bond donors (Lipinski definition) is 2. The number of Topliss-reactive ketones (excluding diaryl/α,β-unsaturated/α-hetero) is 1. The van der Waals surface area contributed by atoms with E-state index >= 15 is 0 Å². The summed E-state index contributed by atoms with van der Waals surface area (Å²) in [5.74, 6) is -0.796. The summed E-state index contributed by atoms with van der Waals surface area (Å²) in [5.41, 5.74) is 1.78. The van der Waals surface area contributed by atoms with E-state index in [-0.39, 0.29) is 23.2 Å². The number of thiophene rings is 1. The lowest BCUT2D eigenvalue weighted by molar-refractivity contribution is -0.114. The molecule has 4 aromatic rings. The van der Waals surface area contributed by atoms with Gasteiger partial charge in [-0.2, -0.15) is 0 Å². The molecule has 2 N–H and O–H groups in total. The van der Waals surface area contributed by atoms with Crippen molar-refractivity contribution >= 4 is 50.5 Å². The second-order valence-corrected chi connectivity index (χ2v) is 8.81. The van der Waals surface area contributed by atoms with Gasteiger partial charge in [0.1, 0.15) is 4.83 Å². The molecule has 1 atom stereocenters. The molecule has 0 aliphatic heterocycles. The zero-order valence-corrected chi connectivity index (χ0v) is 19.6. The number of amides is 2. The van der Waals surface area contributed by atoms with Gasteiger partial charge in [-0.15, -0.1) is 11.3 Å². The first-order valence-corrected chi connectivity index (χ1v) is 11.4. The van der Waals surface area contributed by atoms with E-state index in [0.717, 1.165) is 11.3 Å². The summed E-state index contributed by atoms with van der Waals surface area (Å²) in [6, 6.07) is 14.7. The molecule has 0 saturated carbocycles. The third kappa shape index (κ3) is 4.51. The number of nitrogens with zero attached hydrogens (tertiary/aromatic N) is 2. The molecule has 0 spiro atoms. The average molecular weight is 475 g/mol. The smallest absolute Gasteiger partial charge is 0.266 e. The molecule has 0 aliphatic rings. The van der Waals surface area contributed by atoms with Crippen molar-refractivity contribution in [3.63, 3.8) is 0 Å². The van der Waals surface area contributed by atoms with E-state index in [0.29, 0.717) is 37.6 Å². The van der Waals surface area contributed by atoms with Gasteiger partial charge in [0, 0.05) is 23.9 Å². The second-order valence-electron chi connectivity index (χ2n) is 7.81. The number of hydrogen-bond acceptors (Lipinski definition) is 6. The van der Waals surface area contributed by atoms with Crippen molar-refractivity contribution in [2.75, 3.05) is 10.6 Å². The van der Waals surface area contributed by atoms with Crippen molar-refractivity contribution in [1.29, 1.82) is 0 Å². The van der Waals surface area contributed by atoms with Crippen molar-refractivity contribution in [2.24, 2.45) is 0 Å². The van der Waals surface area contributed by atoms with Crippen LogP contribution in [-0.2, 0) is 4.79 Å². The Morgan fingerprint density at radius 1 is 0.971 bits per heavy atom. The molecule has 0 aliphatic carbocycles. The molecule has 1 unspecified atom stereocenters. The standard InChI is InChI=1S/C25H22N4O4S/c1-14-20-24(34-22(14)23(32)28-18-7-5-4-6-8-18)26-13-29(25(20)33)15(2)21(31)17-9-11-19(12-10-17)27-16(3)30/h4-13,15H,1-3H3,(H,27,30)(H,28,32). The van der Waals surface area contributed by atoms with E-state index in [2.05, 4.69) is 15.6 Å². The Morgan fingerprint density at radius 3 is 2.26 bits per heavy atom. The number of anilines is 2.